The molecule has 1 aromatic carbocycles. The Morgan fingerprint density at radius 3 is 2.90 bits per heavy atom. The standard InChI is InChI=1S/C25H30N2O3/c1-5-29-24(28)8-6-7-19(22-17-26-12-13-27-22)9-10-20-16-21-23(15-18(20)2)30-14-11-25(21,3)4/h12-13,15-17,19H,5-8,11,14H2,1-4H3. The van der Waals surface area contributed by atoms with Gasteiger partial charge >= 0.3 is 5.97 Å². The lowest BCUT2D eigenvalue weighted by molar-refractivity contribution is -0.143. The van der Waals surface area contributed by atoms with E-state index < -0.39 is 0 Å². The minimum Gasteiger partial charge on any atom is -0.493 e. The number of nitrogens with zero attached hydrogens (tertiary/aromatic N) is 2. The van der Waals surface area contributed by atoms with E-state index in [-0.39, 0.29) is 17.3 Å². The Hall–Kier alpha value is -2.87. The van der Waals surface area contributed by atoms with Crippen LogP contribution in [0.2, 0.25) is 0 Å². The van der Waals surface area contributed by atoms with Crippen molar-refractivity contribution < 1.29 is 14.3 Å². The molecular formula is C25H30N2O3. The average molecular weight is 407 g/mol. The summed E-state index contributed by atoms with van der Waals surface area (Å²) >= 11 is 0. The first-order chi connectivity index (χ1) is 14.4. The van der Waals surface area contributed by atoms with Gasteiger partial charge in [0.1, 0.15) is 5.75 Å². The topological polar surface area (TPSA) is 61.3 Å². The number of aromatic nitrogens is 2. The largest absolute Gasteiger partial charge is 0.493 e. The zero-order valence-electron chi connectivity index (χ0n) is 18.3. The lowest BCUT2D eigenvalue weighted by Gasteiger charge is -2.33. The SMILES string of the molecule is CCOC(=O)CCCC(C#Cc1cc2c(cc1C)OCCC2(C)C)c1cnccn1. The molecule has 0 amide bonds. The van der Waals surface area contributed by atoms with Gasteiger partial charge in [0.25, 0.3) is 0 Å². The lowest BCUT2D eigenvalue weighted by Crippen LogP contribution is -2.26. The molecule has 2 heterocycles. The van der Waals surface area contributed by atoms with E-state index in [9.17, 15) is 4.79 Å². The minimum atomic E-state index is -0.170. The van der Waals surface area contributed by atoms with Gasteiger partial charge in [-0.25, -0.2) is 0 Å². The molecule has 0 fully saturated rings. The minimum absolute atomic E-state index is 0.0711. The highest BCUT2D eigenvalue weighted by atomic mass is 16.5. The van der Waals surface area contributed by atoms with Crippen molar-refractivity contribution in [3.05, 3.63) is 53.1 Å². The molecule has 0 aliphatic carbocycles. The molecule has 0 N–H and O–H groups in total. The number of carbonyl (C=O) groups excluding carboxylic acids is 1. The molecule has 30 heavy (non-hydrogen) atoms. The van der Waals surface area contributed by atoms with Gasteiger partial charge < -0.3 is 9.47 Å². The summed E-state index contributed by atoms with van der Waals surface area (Å²) in [5.74, 6) is 7.47. The number of rotatable bonds is 6. The van der Waals surface area contributed by atoms with Crippen LogP contribution in [-0.2, 0) is 14.9 Å². The Kier molecular flexibility index (Phi) is 7.10. The van der Waals surface area contributed by atoms with Crippen LogP contribution in [0.5, 0.6) is 5.75 Å². The number of esters is 1. The maximum absolute atomic E-state index is 11.7. The molecule has 0 saturated carbocycles. The fraction of sp³-hybridized carbons (Fsp3) is 0.480. The van der Waals surface area contributed by atoms with Gasteiger partial charge in [0.05, 0.1) is 24.8 Å². The van der Waals surface area contributed by atoms with Crippen molar-refractivity contribution in [1.82, 2.24) is 9.97 Å². The molecule has 1 aliphatic rings. The van der Waals surface area contributed by atoms with E-state index >= 15 is 0 Å². The van der Waals surface area contributed by atoms with Gasteiger partial charge in [-0.15, -0.1) is 0 Å². The van der Waals surface area contributed by atoms with Crippen LogP contribution in [0, 0.1) is 18.8 Å². The number of hydrogen-bond acceptors (Lipinski definition) is 5. The van der Waals surface area contributed by atoms with Crippen molar-refractivity contribution in [2.45, 2.75) is 64.7 Å². The van der Waals surface area contributed by atoms with E-state index in [4.69, 9.17) is 9.47 Å². The van der Waals surface area contributed by atoms with Gasteiger partial charge in [0.15, 0.2) is 0 Å². The zero-order valence-corrected chi connectivity index (χ0v) is 18.3. The van der Waals surface area contributed by atoms with Crippen molar-refractivity contribution >= 4 is 5.97 Å². The first-order valence-corrected chi connectivity index (χ1v) is 10.6. The number of ether oxygens (including phenoxy) is 2. The number of aryl methyl sites for hydroxylation is 1. The molecule has 0 saturated heterocycles. The van der Waals surface area contributed by atoms with E-state index in [0.29, 0.717) is 19.4 Å². The highest BCUT2D eigenvalue weighted by molar-refractivity contribution is 5.69. The van der Waals surface area contributed by atoms with Crippen molar-refractivity contribution in [1.29, 1.82) is 0 Å². The second-order valence-electron chi connectivity index (χ2n) is 8.30. The third-order valence-electron chi connectivity index (χ3n) is 5.54. The summed E-state index contributed by atoms with van der Waals surface area (Å²) in [6.45, 7) is 9.53. The fourth-order valence-corrected chi connectivity index (χ4v) is 3.65. The molecule has 1 unspecified atom stereocenters. The highest BCUT2D eigenvalue weighted by Crippen LogP contribution is 2.39. The first-order valence-electron chi connectivity index (χ1n) is 10.6. The molecule has 5 nitrogen and oxygen atoms in total. The Morgan fingerprint density at radius 2 is 2.17 bits per heavy atom. The van der Waals surface area contributed by atoms with Gasteiger partial charge in [0.2, 0.25) is 0 Å². The van der Waals surface area contributed by atoms with Gasteiger partial charge in [-0.3, -0.25) is 14.8 Å². The molecule has 5 heteroatoms. The third kappa shape index (κ3) is 5.38. The molecule has 0 spiro atoms. The maximum Gasteiger partial charge on any atom is 0.305 e. The molecule has 0 radical (unpaired) electrons. The molecule has 1 atom stereocenters. The summed E-state index contributed by atoms with van der Waals surface area (Å²) in [5, 5.41) is 0. The van der Waals surface area contributed by atoms with E-state index in [1.54, 1.807) is 18.6 Å². The van der Waals surface area contributed by atoms with E-state index in [2.05, 4.69) is 54.7 Å². The lowest BCUT2D eigenvalue weighted by atomic mass is 9.78. The smallest absolute Gasteiger partial charge is 0.305 e. The van der Waals surface area contributed by atoms with Crippen LogP contribution in [0.3, 0.4) is 0 Å². The molecule has 3 rings (SSSR count). The Morgan fingerprint density at radius 1 is 1.33 bits per heavy atom. The highest BCUT2D eigenvalue weighted by Gasteiger charge is 2.29. The molecule has 158 valence electrons. The van der Waals surface area contributed by atoms with Gasteiger partial charge in [-0.1, -0.05) is 25.7 Å². The molecule has 2 aromatic rings. The van der Waals surface area contributed by atoms with E-state index in [0.717, 1.165) is 42.0 Å². The summed E-state index contributed by atoms with van der Waals surface area (Å²) in [6, 6.07) is 4.27. The number of carbonyl (C=O) groups is 1. The number of fused-ring (bicyclic) bond motifs is 1. The maximum atomic E-state index is 11.7. The van der Waals surface area contributed by atoms with Gasteiger partial charge in [-0.05, 0) is 56.2 Å². The average Bonchev–Trinajstić information content (AvgIpc) is 2.71. The normalized spacial score (nSPS) is 15.2. The Balaban J connectivity index is 1.84. The first kappa shape index (κ1) is 21.8. The monoisotopic (exact) mass is 406 g/mol. The summed E-state index contributed by atoms with van der Waals surface area (Å²) in [5.41, 5.74) is 4.21. The van der Waals surface area contributed by atoms with Crippen LogP contribution < -0.4 is 4.74 Å². The van der Waals surface area contributed by atoms with E-state index in [1.807, 2.05) is 6.92 Å². The fourth-order valence-electron chi connectivity index (χ4n) is 3.65. The third-order valence-corrected chi connectivity index (χ3v) is 5.54. The van der Waals surface area contributed by atoms with Crippen molar-refractivity contribution in [3.8, 4) is 17.6 Å². The van der Waals surface area contributed by atoms with Crippen molar-refractivity contribution in [2.24, 2.45) is 0 Å². The van der Waals surface area contributed by atoms with E-state index in [1.165, 1.54) is 5.56 Å². The van der Waals surface area contributed by atoms with Crippen LogP contribution in [0.15, 0.2) is 30.7 Å². The molecule has 1 aliphatic heterocycles. The van der Waals surface area contributed by atoms with Crippen LogP contribution in [-0.4, -0.2) is 29.2 Å². The summed E-state index contributed by atoms with van der Waals surface area (Å²) in [6.07, 6.45) is 7.88. The molecule has 1 aromatic heterocycles. The Bertz CT molecular complexity index is 942. The summed E-state index contributed by atoms with van der Waals surface area (Å²) in [7, 11) is 0. The molecule has 0 bridgehead atoms. The van der Waals surface area contributed by atoms with Gasteiger partial charge in [-0.2, -0.15) is 0 Å². The summed E-state index contributed by atoms with van der Waals surface area (Å²) in [4.78, 5) is 20.3. The second-order valence-corrected chi connectivity index (χ2v) is 8.30. The predicted molar refractivity (Wildman–Crippen MR) is 116 cm³/mol. The van der Waals surface area contributed by atoms with Gasteiger partial charge in [0, 0.05) is 36.1 Å². The molecular weight excluding hydrogens is 376 g/mol. The summed E-state index contributed by atoms with van der Waals surface area (Å²) < 4.78 is 10.9. The Labute approximate surface area is 179 Å². The van der Waals surface area contributed by atoms with Crippen molar-refractivity contribution in [2.75, 3.05) is 13.2 Å². The number of hydrogen-bond donors (Lipinski definition) is 0. The van der Waals surface area contributed by atoms with Crippen LogP contribution in [0.1, 0.15) is 74.8 Å². The second kappa shape index (κ2) is 9.75. The quantitative estimate of drug-likeness (QED) is 0.513. The van der Waals surface area contributed by atoms with Crippen LogP contribution in [0.25, 0.3) is 0 Å². The zero-order chi connectivity index (χ0) is 21.6. The van der Waals surface area contributed by atoms with Crippen LogP contribution >= 0.6 is 0 Å². The van der Waals surface area contributed by atoms with Crippen molar-refractivity contribution in [3.63, 3.8) is 0 Å². The number of benzene rings is 1. The predicted octanol–water partition coefficient (Wildman–Crippen LogP) is 4.71. The van der Waals surface area contributed by atoms with Crippen LogP contribution in [0.4, 0.5) is 0 Å².